The molecule has 11 heavy (non-hydrogen) atoms. The second kappa shape index (κ2) is 2.38. The molecule has 8 heteroatoms. The van der Waals surface area contributed by atoms with Crippen LogP contribution in [0.3, 0.4) is 0 Å². The van der Waals surface area contributed by atoms with E-state index < -0.39 is 15.0 Å². The molecule has 0 aliphatic rings. The molecule has 1 rings (SSSR count). The van der Waals surface area contributed by atoms with Crippen molar-refractivity contribution >= 4 is 15.8 Å². The van der Waals surface area contributed by atoms with Crippen molar-refractivity contribution in [3.05, 3.63) is 0 Å². The van der Waals surface area contributed by atoms with Crippen LogP contribution in [0.25, 0.3) is 0 Å². The van der Waals surface area contributed by atoms with E-state index in [9.17, 15) is 8.42 Å². The molecular weight excluding hydrogens is 170 g/mol. The molecule has 1 aromatic heterocycles. The number of nitrogens with zero attached hydrogens (tertiary/aromatic N) is 4. The predicted octanol–water partition coefficient (Wildman–Crippen LogP) is -1.75. The number of nitrogen functional groups attached to an aromatic ring is 1. The first-order valence-corrected chi connectivity index (χ1v) is 4.42. The Morgan fingerprint density at radius 3 is 2.00 bits per heavy atom. The third-order valence-corrected chi connectivity index (χ3v) is 1.63. The van der Waals surface area contributed by atoms with E-state index in [0.29, 0.717) is 0 Å². The van der Waals surface area contributed by atoms with E-state index in [4.69, 9.17) is 5.73 Å². The Bertz CT molecular complexity index is 342. The maximum Gasteiger partial charge on any atom is 0.286 e. The van der Waals surface area contributed by atoms with Crippen molar-refractivity contribution in [1.29, 1.82) is 0 Å². The van der Waals surface area contributed by atoms with Crippen molar-refractivity contribution in [1.82, 2.24) is 20.4 Å². The summed E-state index contributed by atoms with van der Waals surface area (Å²) < 4.78 is 21.4. The van der Waals surface area contributed by atoms with Gasteiger partial charge in [-0.15, -0.1) is 20.4 Å². The summed E-state index contributed by atoms with van der Waals surface area (Å²) in [7, 11) is -3.42. The molecule has 1 heterocycles. The Morgan fingerprint density at radius 2 is 1.64 bits per heavy atom. The SMILES string of the molecule is CS(=O)(=O)c1nnc(N)nn1. The van der Waals surface area contributed by atoms with Crippen LogP contribution in [0.15, 0.2) is 5.16 Å². The van der Waals surface area contributed by atoms with Gasteiger partial charge in [0.25, 0.3) is 11.1 Å². The minimum absolute atomic E-state index is 0.155. The van der Waals surface area contributed by atoms with Gasteiger partial charge in [0.05, 0.1) is 0 Å². The van der Waals surface area contributed by atoms with Gasteiger partial charge < -0.3 is 5.73 Å². The lowest BCUT2D eigenvalue weighted by Crippen LogP contribution is -2.09. The normalized spacial score (nSPS) is 11.4. The van der Waals surface area contributed by atoms with Crippen LogP contribution in [0.5, 0.6) is 0 Å². The second-order valence-corrected chi connectivity index (χ2v) is 3.72. The Morgan fingerprint density at radius 1 is 1.18 bits per heavy atom. The number of hydrogen-bond donors (Lipinski definition) is 1. The average molecular weight is 175 g/mol. The van der Waals surface area contributed by atoms with Crippen LogP contribution >= 0.6 is 0 Å². The molecule has 0 aliphatic heterocycles. The molecule has 0 fully saturated rings. The van der Waals surface area contributed by atoms with Gasteiger partial charge in [0, 0.05) is 6.26 Å². The van der Waals surface area contributed by atoms with Gasteiger partial charge in [0.2, 0.25) is 9.84 Å². The van der Waals surface area contributed by atoms with Crippen LogP contribution in [0.4, 0.5) is 5.95 Å². The summed E-state index contributed by atoms with van der Waals surface area (Å²) in [6.45, 7) is 0. The lowest BCUT2D eigenvalue weighted by Gasteiger charge is -1.91. The number of nitrogens with two attached hydrogens (primary N) is 1. The lowest BCUT2D eigenvalue weighted by molar-refractivity contribution is 0.583. The third-order valence-electron chi connectivity index (χ3n) is 0.808. The number of hydrogen-bond acceptors (Lipinski definition) is 7. The van der Waals surface area contributed by atoms with Crippen molar-refractivity contribution in [2.75, 3.05) is 12.0 Å². The first-order chi connectivity index (χ1) is 5.00. The highest BCUT2D eigenvalue weighted by Crippen LogP contribution is 1.95. The molecular formula is C3H5N5O2S. The van der Waals surface area contributed by atoms with Crippen LogP contribution in [-0.4, -0.2) is 35.1 Å². The zero-order chi connectivity index (χ0) is 8.48. The fourth-order valence-corrected chi connectivity index (χ4v) is 0.755. The maximum atomic E-state index is 10.7. The molecule has 0 amide bonds. The van der Waals surface area contributed by atoms with Gasteiger partial charge >= 0.3 is 0 Å². The molecule has 7 nitrogen and oxygen atoms in total. The van der Waals surface area contributed by atoms with Crippen molar-refractivity contribution < 1.29 is 8.42 Å². The smallest absolute Gasteiger partial charge is 0.286 e. The molecule has 0 aliphatic carbocycles. The lowest BCUT2D eigenvalue weighted by atomic mass is 11.1. The molecule has 0 unspecified atom stereocenters. The maximum absolute atomic E-state index is 10.7. The highest BCUT2D eigenvalue weighted by molar-refractivity contribution is 7.90. The standard InChI is InChI=1S/C3H5N5O2S/c1-11(9,10)3-7-5-2(4)6-8-3/h1H3,(H2,4,5,6). The van der Waals surface area contributed by atoms with E-state index in [1.54, 1.807) is 0 Å². The summed E-state index contributed by atoms with van der Waals surface area (Å²) in [4.78, 5) is 0. The van der Waals surface area contributed by atoms with Crippen molar-refractivity contribution in [2.24, 2.45) is 0 Å². The van der Waals surface area contributed by atoms with Gasteiger partial charge in [-0.1, -0.05) is 0 Å². The summed E-state index contributed by atoms with van der Waals surface area (Å²) in [6, 6.07) is 0. The molecule has 0 saturated carbocycles. The first-order valence-electron chi connectivity index (χ1n) is 2.53. The predicted molar refractivity (Wildman–Crippen MR) is 35.1 cm³/mol. The number of aromatic nitrogens is 4. The van der Waals surface area contributed by atoms with E-state index in [1.165, 1.54) is 0 Å². The van der Waals surface area contributed by atoms with Crippen LogP contribution in [0, 0.1) is 0 Å². The summed E-state index contributed by atoms with van der Waals surface area (Å²) in [5.41, 5.74) is 5.03. The highest BCUT2D eigenvalue weighted by atomic mass is 32.2. The molecule has 0 spiro atoms. The molecule has 0 saturated heterocycles. The zero-order valence-corrected chi connectivity index (χ0v) is 6.41. The van der Waals surface area contributed by atoms with E-state index in [-0.39, 0.29) is 5.95 Å². The Kier molecular flexibility index (Phi) is 1.69. The monoisotopic (exact) mass is 175 g/mol. The Balaban J connectivity index is 3.20. The summed E-state index contributed by atoms with van der Waals surface area (Å²) >= 11 is 0. The van der Waals surface area contributed by atoms with E-state index in [1.807, 2.05) is 0 Å². The van der Waals surface area contributed by atoms with E-state index in [0.717, 1.165) is 6.26 Å². The number of rotatable bonds is 1. The molecule has 0 radical (unpaired) electrons. The largest absolute Gasteiger partial charge is 0.365 e. The molecule has 0 aromatic carbocycles. The fourth-order valence-electron chi connectivity index (χ4n) is 0.376. The minimum Gasteiger partial charge on any atom is -0.365 e. The molecule has 0 atom stereocenters. The fraction of sp³-hybridized carbons (Fsp3) is 0.333. The van der Waals surface area contributed by atoms with E-state index >= 15 is 0 Å². The second-order valence-electron chi connectivity index (χ2n) is 1.81. The Hall–Kier alpha value is -1.31. The van der Waals surface area contributed by atoms with Crippen LogP contribution in [0.1, 0.15) is 0 Å². The zero-order valence-electron chi connectivity index (χ0n) is 5.59. The van der Waals surface area contributed by atoms with Crippen LogP contribution in [-0.2, 0) is 9.84 Å². The quantitative estimate of drug-likeness (QED) is 0.538. The summed E-state index contributed by atoms with van der Waals surface area (Å²) in [6.07, 6.45) is 0.960. The van der Waals surface area contributed by atoms with Gasteiger partial charge in [-0.25, -0.2) is 8.42 Å². The number of anilines is 1. The number of sulfone groups is 1. The van der Waals surface area contributed by atoms with Gasteiger partial charge in [0.15, 0.2) is 0 Å². The first kappa shape index (κ1) is 7.79. The highest BCUT2D eigenvalue weighted by Gasteiger charge is 2.11. The van der Waals surface area contributed by atoms with Gasteiger partial charge in [-0.2, -0.15) is 0 Å². The van der Waals surface area contributed by atoms with Gasteiger partial charge in [0.1, 0.15) is 0 Å². The topological polar surface area (TPSA) is 112 Å². The average Bonchev–Trinajstić information content (AvgIpc) is 1.86. The van der Waals surface area contributed by atoms with Gasteiger partial charge in [-0.3, -0.25) is 0 Å². The van der Waals surface area contributed by atoms with Crippen LogP contribution in [0.2, 0.25) is 0 Å². The molecule has 2 N–H and O–H groups in total. The van der Waals surface area contributed by atoms with Crippen molar-refractivity contribution in [2.45, 2.75) is 5.16 Å². The molecule has 0 bridgehead atoms. The minimum atomic E-state index is -3.42. The molecule has 1 aromatic rings. The van der Waals surface area contributed by atoms with E-state index in [2.05, 4.69) is 20.4 Å². The summed E-state index contributed by atoms with van der Waals surface area (Å²) in [5.74, 6) is -0.155. The van der Waals surface area contributed by atoms with Crippen molar-refractivity contribution in [3.8, 4) is 0 Å². The van der Waals surface area contributed by atoms with Crippen LogP contribution < -0.4 is 5.73 Å². The summed E-state index contributed by atoms with van der Waals surface area (Å²) in [5, 5.41) is 12.4. The Labute approximate surface area is 62.6 Å². The third kappa shape index (κ3) is 1.80. The van der Waals surface area contributed by atoms with Crippen molar-refractivity contribution in [3.63, 3.8) is 0 Å². The van der Waals surface area contributed by atoms with Gasteiger partial charge in [-0.05, 0) is 0 Å². The molecule has 60 valence electrons.